The van der Waals surface area contributed by atoms with E-state index in [0.717, 1.165) is 0 Å². The van der Waals surface area contributed by atoms with Gasteiger partial charge < -0.3 is 5.11 Å². The van der Waals surface area contributed by atoms with E-state index >= 15 is 0 Å². The van der Waals surface area contributed by atoms with Gasteiger partial charge in [0.25, 0.3) is 0 Å². The molecular formula is C26H12F42O. The van der Waals surface area contributed by atoms with E-state index in [1.807, 2.05) is 0 Å². The molecule has 0 aliphatic rings. The molecule has 0 aromatic carbocycles. The molecule has 1 N–H and O–H groups in total. The van der Waals surface area contributed by atoms with Crippen LogP contribution in [0.2, 0.25) is 0 Å². The van der Waals surface area contributed by atoms with Gasteiger partial charge in [-0.1, -0.05) is 0 Å². The Kier molecular flexibility index (Phi) is 16.3. The van der Waals surface area contributed by atoms with Gasteiger partial charge in [-0.15, -0.1) is 0 Å². The van der Waals surface area contributed by atoms with Gasteiger partial charge in [0.2, 0.25) is 0 Å². The second kappa shape index (κ2) is 17.0. The van der Waals surface area contributed by atoms with Crippen LogP contribution in [0.5, 0.6) is 0 Å². The Labute approximate surface area is 348 Å². The Hall–Kier alpha value is -2.98. The first-order valence-electron chi connectivity index (χ1n) is 15.7. The summed E-state index contributed by atoms with van der Waals surface area (Å²) in [5.74, 6) is -173. The SMILES string of the molecule is OCCCC(CC(F)(F)C(F)(F)C(F)(F)C(F)(F)C(F)(F)C(F)(F)C(F)(F)C(F)(F)C(F)(F)C(F)(F)F)CC(F)(F)C(F)(F)C(F)(F)C(F)(F)C(F)(F)C(F)(F)C(F)(F)C(F)(F)C(F)(F)C(F)(F)F. The van der Waals surface area contributed by atoms with Crippen LogP contribution >= 0.6 is 0 Å². The largest absolute Gasteiger partial charge is 0.460 e. The summed E-state index contributed by atoms with van der Waals surface area (Å²) in [5.41, 5.74) is 0. The van der Waals surface area contributed by atoms with E-state index in [-0.39, 0.29) is 0 Å². The van der Waals surface area contributed by atoms with E-state index in [0.29, 0.717) is 0 Å². The molecule has 0 amide bonds. The molecule has 43 heteroatoms. The fourth-order valence-corrected chi connectivity index (χ4v) is 4.82. The smallest absolute Gasteiger partial charge is 0.396 e. The standard InChI is InChI=1S/C26H12F42O/c27-7(28,9(31,32)11(35,36)13(39,40)15(43,44)17(47,48)19(51,52)21(55,56)23(59,60)25(63,64)65)4-6(2-1-3-69)5-8(29,30)10(33,34)12(37,38)14(41,42)16(45,46)18(49,50)20(53,54)22(57,58)24(61,62)26(66,67)68/h6,69H,1-5H2. The second-order valence-corrected chi connectivity index (χ2v) is 13.7. The van der Waals surface area contributed by atoms with Crippen molar-refractivity contribution in [2.75, 3.05) is 6.61 Å². The number of alkyl halides is 42. The van der Waals surface area contributed by atoms with Crippen LogP contribution in [0.3, 0.4) is 0 Å². The van der Waals surface area contributed by atoms with Crippen molar-refractivity contribution in [2.45, 2.75) is 145 Å². The van der Waals surface area contributed by atoms with E-state index in [2.05, 4.69) is 0 Å². The molecule has 0 unspecified atom stereocenters. The highest BCUT2D eigenvalue weighted by Crippen LogP contribution is 2.69. The minimum atomic E-state index is -9.86. The van der Waals surface area contributed by atoms with Crippen LogP contribution in [0.1, 0.15) is 25.7 Å². The first-order valence-corrected chi connectivity index (χ1v) is 15.7. The summed E-state index contributed by atoms with van der Waals surface area (Å²) < 4.78 is 573. The summed E-state index contributed by atoms with van der Waals surface area (Å²) in [6, 6.07) is 0. The molecule has 0 aliphatic heterocycles. The fraction of sp³-hybridized carbons (Fsp3) is 1.00. The van der Waals surface area contributed by atoms with Crippen LogP contribution in [-0.2, 0) is 0 Å². The summed E-state index contributed by atoms with van der Waals surface area (Å²) in [4.78, 5) is 0. The third kappa shape index (κ3) is 8.63. The van der Waals surface area contributed by atoms with Crippen molar-refractivity contribution < 1.29 is 190 Å². The summed E-state index contributed by atoms with van der Waals surface area (Å²) in [5, 5.41) is 8.60. The zero-order chi connectivity index (χ0) is 57.1. The third-order valence-corrected chi connectivity index (χ3v) is 9.01. The van der Waals surface area contributed by atoms with Gasteiger partial charge in [0, 0.05) is 19.4 Å². The number of hydrogen-bond donors (Lipinski definition) is 1. The molecule has 0 radical (unpaired) electrons. The maximum Gasteiger partial charge on any atom is 0.460 e. The monoisotopic (exact) mass is 1140 g/mol. The average molecular weight is 1140 g/mol. The third-order valence-electron chi connectivity index (χ3n) is 9.01. The predicted molar refractivity (Wildman–Crippen MR) is 130 cm³/mol. The molecule has 0 spiro atoms. The van der Waals surface area contributed by atoms with Crippen LogP contribution in [0.25, 0.3) is 0 Å². The molecule has 0 aliphatic carbocycles. The van der Waals surface area contributed by atoms with Gasteiger partial charge in [0.05, 0.1) is 0 Å². The molecule has 0 bridgehead atoms. The molecule has 416 valence electrons. The van der Waals surface area contributed by atoms with E-state index < -0.39 is 157 Å². The summed E-state index contributed by atoms with van der Waals surface area (Å²) >= 11 is 0. The van der Waals surface area contributed by atoms with Crippen molar-refractivity contribution in [3.8, 4) is 0 Å². The highest BCUT2D eigenvalue weighted by molar-refractivity contribution is 5.20. The van der Waals surface area contributed by atoms with E-state index in [1.54, 1.807) is 0 Å². The first kappa shape index (κ1) is 66.0. The van der Waals surface area contributed by atoms with Gasteiger partial charge in [-0.3, -0.25) is 0 Å². The van der Waals surface area contributed by atoms with Crippen LogP contribution in [0.15, 0.2) is 0 Å². The molecule has 0 aromatic rings. The van der Waals surface area contributed by atoms with Crippen molar-refractivity contribution in [1.82, 2.24) is 0 Å². The quantitative estimate of drug-likeness (QED) is 0.101. The summed E-state index contributed by atoms with van der Waals surface area (Å²) in [7, 11) is 0. The highest BCUT2D eigenvalue weighted by Gasteiger charge is 3.00. The van der Waals surface area contributed by atoms with Crippen LogP contribution in [0.4, 0.5) is 184 Å². The van der Waals surface area contributed by atoms with E-state index in [4.69, 9.17) is 5.11 Å². The van der Waals surface area contributed by atoms with Gasteiger partial charge in [0.15, 0.2) is 0 Å². The van der Waals surface area contributed by atoms with Crippen molar-refractivity contribution in [2.24, 2.45) is 5.92 Å². The van der Waals surface area contributed by atoms with Gasteiger partial charge in [-0.25, -0.2) is 0 Å². The molecule has 0 aromatic heterocycles. The molecule has 0 saturated heterocycles. The fourth-order valence-electron chi connectivity index (χ4n) is 4.82. The minimum Gasteiger partial charge on any atom is -0.396 e. The maximum atomic E-state index is 14.6. The Bertz CT molecular complexity index is 1650. The first-order chi connectivity index (χ1) is 29.1. The molecule has 69 heavy (non-hydrogen) atoms. The van der Waals surface area contributed by atoms with Gasteiger partial charge in [-0.05, 0) is 18.8 Å². The Balaban J connectivity index is 7.64. The minimum absolute atomic E-state index is 2.00. The number of halogens is 42. The molecule has 0 fully saturated rings. The van der Waals surface area contributed by atoms with Crippen molar-refractivity contribution in [1.29, 1.82) is 0 Å². The lowest BCUT2D eigenvalue weighted by molar-refractivity contribution is -0.475. The van der Waals surface area contributed by atoms with E-state index in [9.17, 15) is 184 Å². The second-order valence-electron chi connectivity index (χ2n) is 13.7. The topological polar surface area (TPSA) is 20.2 Å². The molecule has 0 rings (SSSR count). The van der Waals surface area contributed by atoms with Gasteiger partial charge in [-0.2, -0.15) is 184 Å². The van der Waals surface area contributed by atoms with Gasteiger partial charge in [0.1, 0.15) is 0 Å². The lowest BCUT2D eigenvalue weighted by atomic mass is 9.81. The number of aliphatic hydroxyl groups is 1. The highest BCUT2D eigenvalue weighted by atomic mass is 19.5. The zero-order valence-corrected chi connectivity index (χ0v) is 30.4. The lowest BCUT2D eigenvalue weighted by Crippen LogP contribution is -2.77. The molecule has 1 nitrogen and oxygen atoms in total. The summed E-state index contributed by atoms with van der Waals surface area (Å²) in [6.45, 7) is -2.02. The lowest BCUT2D eigenvalue weighted by Gasteiger charge is -2.45. The van der Waals surface area contributed by atoms with Crippen molar-refractivity contribution in [3.05, 3.63) is 0 Å². The Morgan fingerprint density at radius 2 is 0.362 bits per heavy atom. The Morgan fingerprint density at radius 3 is 0.507 bits per heavy atom. The predicted octanol–water partition coefficient (Wildman–Crippen LogP) is 14.7. The Morgan fingerprint density at radius 1 is 0.217 bits per heavy atom. The van der Waals surface area contributed by atoms with Crippen molar-refractivity contribution in [3.63, 3.8) is 0 Å². The van der Waals surface area contributed by atoms with Gasteiger partial charge >= 0.3 is 119 Å². The molecular weight excluding hydrogens is 1130 g/mol. The number of aliphatic hydroxyl groups excluding tert-OH is 1. The molecule has 0 atom stereocenters. The molecule has 0 saturated carbocycles. The van der Waals surface area contributed by atoms with Crippen LogP contribution in [-0.4, -0.2) is 131 Å². The van der Waals surface area contributed by atoms with E-state index in [1.165, 1.54) is 0 Å². The van der Waals surface area contributed by atoms with Crippen molar-refractivity contribution >= 4 is 0 Å². The molecule has 0 heterocycles. The number of hydrogen-bond acceptors (Lipinski definition) is 1. The number of rotatable bonds is 23. The maximum absolute atomic E-state index is 14.6. The van der Waals surface area contributed by atoms with Crippen LogP contribution in [0, 0.1) is 5.92 Å². The summed E-state index contributed by atoms with van der Waals surface area (Å²) in [6.07, 6.45) is -30.5. The van der Waals surface area contributed by atoms with Crippen LogP contribution < -0.4 is 0 Å². The average Bonchev–Trinajstić information content (AvgIpc) is 3.11. The zero-order valence-electron chi connectivity index (χ0n) is 30.4. The normalized spacial score (nSPS) is 17.0.